The van der Waals surface area contributed by atoms with Crippen LogP contribution in [0.25, 0.3) is 0 Å². The van der Waals surface area contributed by atoms with E-state index in [2.05, 4.69) is 21.1 Å². The van der Waals surface area contributed by atoms with Gasteiger partial charge in [0.1, 0.15) is 5.88 Å². The van der Waals surface area contributed by atoms with Gasteiger partial charge >= 0.3 is 0 Å². The van der Waals surface area contributed by atoms with Gasteiger partial charge in [0.05, 0.1) is 12.4 Å². The molecule has 5 nitrogen and oxygen atoms in total. The summed E-state index contributed by atoms with van der Waals surface area (Å²) in [6, 6.07) is 1.72. The van der Waals surface area contributed by atoms with Crippen molar-refractivity contribution in [1.82, 2.24) is 15.4 Å². The first-order valence-corrected chi connectivity index (χ1v) is 3.23. The lowest BCUT2D eigenvalue weighted by atomic mass is 10.7. The van der Waals surface area contributed by atoms with Crippen LogP contribution < -0.4 is 5.73 Å². The van der Waals surface area contributed by atoms with Gasteiger partial charge in [0, 0.05) is 0 Å². The van der Waals surface area contributed by atoms with Crippen LogP contribution >= 0.6 is 11.6 Å². The summed E-state index contributed by atoms with van der Waals surface area (Å²) in [6.07, 6.45) is 3.15. The topological polar surface area (TPSA) is 81.8 Å². The second-order valence-corrected chi connectivity index (χ2v) is 1.68. The third-order valence-corrected chi connectivity index (χ3v) is 0.804. The fourth-order valence-electron chi connectivity index (χ4n) is 0.205. The van der Waals surface area contributed by atoms with Crippen LogP contribution in [0.2, 0.25) is 0 Å². The van der Waals surface area contributed by atoms with Crippen LogP contribution in [-0.4, -0.2) is 27.2 Å². The van der Waals surface area contributed by atoms with Crippen LogP contribution in [0.5, 0.6) is 0 Å². The Morgan fingerprint density at radius 2 is 1.91 bits per heavy atom. The average Bonchev–Trinajstić information content (AvgIpc) is 2.09. The molecule has 2 N–H and O–H groups in total. The number of halogens is 1. The summed E-state index contributed by atoms with van der Waals surface area (Å²) in [5.74, 6) is -0.563. The zero-order valence-electron chi connectivity index (χ0n) is 5.64. The van der Waals surface area contributed by atoms with Crippen molar-refractivity contribution in [3.05, 3.63) is 18.5 Å². The predicted molar refractivity (Wildman–Crippen MR) is 39.7 cm³/mol. The zero-order chi connectivity index (χ0) is 8.53. The van der Waals surface area contributed by atoms with Crippen LogP contribution in [0.3, 0.4) is 0 Å². The number of hydrogen-bond donors (Lipinski definition) is 1. The largest absolute Gasteiger partial charge is 0.369 e. The normalized spacial score (nSPS) is 7.73. The first-order valence-electron chi connectivity index (χ1n) is 2.70. The number of nitrogens with zero attached hydrogens (tertiary/aromatic N) is 3. The van der Waals surface area contributed by atoms with Crippen molar-refractivity contribution < 1.29 is 4.79 Å². The molecular weight excluding hydrogens is 168 g/mol. The van der Waals surface area contributed by atoms with Gasteiger partial charge in [0.2, 0.25) is 5.91 Å². The molecule has 0 aliphatic carbocycles. The molecule has 0 saturated heterocycles. The zero-order valence-corrected chi connectivity index (χ0v) is 6.40. The van der Waals surface area contributed by atoms with Crippen molar-refractivity contribution in [2.75, 3.05) is 5.88 Å². The smallest absolute Gasteiger partial charge is 0.232 e. The number of primary amides is 1. The number of carbonyl (C=O) groups is 1. The molecule has 1 aromatic heterocycles. The molecule has 60 valence electrons. The van der Waals surface area contributed by atoms with Crippen LogP contribution in [0, 0.1) is 0 Å². The van der Waals surface area contributed by atoms with E-state index in [0.717, 1.165) is 0 Å². The van der Waals surface area contributed by atoms with E-state index in [9.17, 15) is 4.79 Å². The van der Waals surface area contributed by atoms with E-state index in [1.54, 1.807) is 18.5 Å². The minimum atomic E-state index is -0.480. The van der Waals surface area contributed by atoms with E-state index >= 15 is 0 Å². The number of alkyl halides is 1. The van der Waals surface area contributed by atoms with Gasteiger partial charge in [0.25, 0.3) is 0 Å². The van der Waals surface area contributed by atoms with Gasteiger partial charge in [0.15, 0.2) is 0 Å². The summed E-state index contributed by atoms with van der Waals surface area (Å²) < 4.78 is 0. The number of rotatable bonds is 1. The minimum absolute atomic E-state index is 0.0833. The molecule has 0 bridgehead atoms. The van der Waals surface area contributed by atoms with Crippen LogP contribution in [0.1, 0.15) is 0 Å². The summed E-state index contributed by atoms with van der Waals surface area (Å²) in [4.78, 5) is 9.46. The van der Waals surface area contributed by atoms with Crippen LogP contribution in [0.4, 0.5) is 0 Å². The molecule has 0 atom stereocenters. The van der Waals surface area contributed by atoms with E-state index in [-0.39, 0.29) is 5.88 Å². The maximum Gasteiger partial charge on any atom is 0.232 e. The highest BCUT2D eigenvalue weighted by atomic mass is 35.5. The lowest BCUT2D eigenvalue weighted by Gasteiger charge is -1.71. The Morgan fingerprint density at radius 3 is 2.00 bits per heavy atom. The predicted octanol–water partition coefficient (Wildman–Crippen LogP) is -0.418. The third kappa shape index (κ3) is 8.77. The molecule has 1 heterocycles. The van der Waals surface area contributed by atoms with Crippen molar-refractivity contribution in [1.29, 1.82) is 0 Å². The maximum absolute atomic E-state index is 9.46. The highest BCUT2D eigenvalue weighted by Gasteiger charge is 1.79. The molecule has 0 aromatic carbocycles. The van der Waals surface area contributed by atoms with Crippen molar-refractivity contribution >= 4 is 17.5 Å². The van der Waals surface area contributed by atoms with Crippen molar-refractivity contribution in [3.63, 3.8) is 0 Å². The fourth-order valence-corrected chi connectivity index (χ4v) is 0.205. The average molecular weight is 175 g/mol. The molecule has 1 rings (SSSR count). The number of aromatic nitrogens is 3. The highest BCUT2D eigenvalue weighted by Crippen LogP contribution is 1.64. The molecule has 0 aliphatic rings. The molecule has 0 fully saturated rings. The number of carbonyl (C=O) groups excluding carboxylic acids is 1. The standard InChI is InChI=1S/C3H3N3.C2H4ClNO/c1-2-4-6-5-3-1;3-1-2(4)5/h1-3H;1H2,(H2,4,5). The van der Waals surface area contributed by atoms with Crippen molar-refractivity contribution in [3.8, 4) is 0 Å². The van der Waals surface area contributed by atoms with E-state index in [1.165, 1.54) is 0 Å². The molecule has 0 spiro atoms. The quantitative estimate of drug-likeness (QED) is 0.587. The van der Waals surface area contributed by atoms with Crippen molar-refractivity contribution in [2.45, 2.75) is 0 Å². The Kier molecular flexibility index (Phi) is 6.11. The SMILES string of the molecule is NC(=O)CCl.c1cnnnc1. The molecule has 0 saturated carbocycles. The van der Waals surface area contributed by atoms with Gasteiger partial charge in [-0.2, -0.15) is 0 Å². The summed E-state index contributed by atoms with van der Waals surface area (Å²) >= 11 is 4.86. The first kappa shape index (κ1) is 9.77. The lowest BCUT2D eigenvalue weighted by Crippen LogP contribution is -2.10. The molecule has 0 unspecified atom stereocenters. The van der Waals surface area contributed by atoms with Gasteiger partial charge in [-0.25, -0.2) is 0 Å². The van der Waals surface area contributed by atoms with E-state index in [4.69, 9.17) is 11.6 Å². The van der Waals surface area contributed by atoms with E-state index < -0.39 is 5.91 Å². The fraction of sp³-hybridized carbons (Fsp3) is 0.200. The van der Waals surface area contributed by atoms with Crippen molar-refractivity contribution in [2.24, 2.45) is 5.73 Å². The Labute approximate surface area is 68.6 Å². The summed E-state index contributed by atoms with van der Waals surface area (Å²) in [7, 11) is 0. The second-order valence-electron chi connectivity index (χ2n) is 1.41. The molecule has 6 heteroatoms. The Bertz CT molecular complexity index is 166. The molecule has 1 aromatic rings. The Morgan fingerprint density at radius 1 is 1.45 bits per heavy atom. The summed E-state index contributed by atoms with van der Waals surface area (Å²) in [5, 5.41) is 10.1. The Balaban J connectivity index is 0.000000187. The maximum atomic E-state index is 9.46. The van der Waals surface area contributed by atoms with E-state index in [0.29, 0.717) is 0 Å². The van der Waals surface area contributed by atoms with Gasteiger partial charge in [-0.15, -0.1) is 21.8 Å². The Hall–Kier alpha value is -1.23. The summed E-state index contributed by atoms with van der Waals surface area (Å²) in [6.45, 7) is 0. The number of nitrogens with two attached hydrogens (primary N) is 1. The van der Waals surface area contributed by atoms with Gasteiger partial charge in [-0.05, 0) is 11.3 Å². The molecule has 1 amide bonds. The molecule has 0 radical (unpaired) electrons. The van der Waals surface area contributed by atoms with Gasteiger partial charge in [-0.3, -0.25) is 4.79 Å². The number of hydrogen-bond acceptors (Lipinski definition) is 4. The minimum Gasteiger partial charge on any atom is -0.369 e. The van der Waals surface area contributed by atoms with Crippen LogP contribution in [0.15, 0.2) is 18.5 Å². The lowest BCUT2D eigenvalue weighted by molar-refractivity contribution is -0.115. The first-order chi connectivity index (χ1) is 5.27. The van der Waals surface area contributed by atoms with Gasteiger partial charge in [-0.1, -0.05) is 0 Å². The monoisotopic (exact) mass is 174 g/mol. The highest BCUT2D eigenvalue weighted by molar-refractivity contribution is 6.27. The third-order valence-electron chi connectivity index (χ3n) is 0.540. The van der Waals surface area contributed by atoms with Gasteiger partial charge < -0.3 is 5.73 Å². The van der Waals surface area contributed by atoms with E-state index in [1.807, 2.05) is 0 Å². The molecule has 0 aliphatic heterocycles. The molecule has 11 heavy (non-hydrogen) atoms. The summed E-state index contributed by atoms with van der Waals surface area (Å²) in [5.41, 5.74) is 4.52. The van der Waals surface area contributed by atoms with Crippen LogP contribution in [-0.2, 0) is 4.79 Å². The molecular formula is C5H7ClN4O. The second kappa shape index (κ2) is 6.88. The number of amides is 1.